The van der Waals surface area contributed by atoms with E-state index in [9.17, 15) is 4.79 Å². The van der Waals surface area contributed by atoms with Crippen molar-refractivity contribution in [1.29, 1.82) is 0 Å². The Morgan fingerprint density at radius 1 is 1.00 bits per heavy atom. The number of ether oxygens (including phenoxy) is 1. The molecule has 0 aromatic heterocycles. The van der Waals surface area contributed by atoms with E-state index in [0.29, 0.717) is 6.54 Å². The van der Waals surface area contributed by atoms with Gasteiger partial charge in [-0.2, -0.15) is 0 Å². The van der Waals surface area contributed by atoms with Crippen molar-refractivity contribution in [3.05, 3.63) is 59.7 Å². The quantitative estimate of drug-likeness (QED) is 0.744. The standard InChI is InChI=1S/C23H32N2O2/c1-6-25(7-2)19-14-12-18(13-15-19)16-24-22(26)17-27-21-11-9-8-10-20(21)23(3,4)5/h8-15H,6-7,16-17H2,1-5H3,(H,24,26). The Morgan fingerprint density at radius 2 is 1.63 bits per heavy atom. The minimum absolute atomic E-state index is 0.0185. The predicted octanol–water partition coefficient (Wildman–Crippen LogP) is 4.53. The van der Waals surface area contributed by atoms with Crippen molar-refractivity contribution in [3.63, 3.8) is 0 Å². The van der Waals surface area contributed by atoms with Crippen LogP contribution in [-0.2, 0) is 16.8 Å². The molecule has 0 saturated carbocycles. The summed E-state index contributed by atoms with van der Waals surface area (Å²) in [6, 6.07) is 16.2. The summed E-state index contributed by atoms with van der Waals surface area (Å²) < 4.78 is 5.77. The first-order valence-corrected chi connectivity index (χ1v) is 9.68. The van der Waals surface area contributed by atoms with Crippen LogP contribution in [0.5, 0.6) is 5.75 Å². The number of nitrogens with zero attached hydrogens (tertiary/aromatic N) is 1. The van der Waals surface area contributed by atoms with Crippen LogP contribution >= 0.6 is 0 Å². The van der Waals surface area contributed by atoms with Gasteiger partial charge in [-0.3, -0.25) is 4.79 Å². The summed E-state index contributed by atoms with van der Waals surface area (Å²) in [5, 5.41) is 2.93. The minimum Gasteiger partial charge on any atom is -0.483 e. The number of carbonyl (C=O) groups is 1. The van der Waals surface area contributed by atoms with Gasteiger partial charge >= 0.3 is 0 Å². The van der Waals surface area contributed by atoms with E-state index in [4.69, 9.17) is 4.74 Å². The highest BCUT2D eigenvalue weighted by atomic mass is 16.5. The van der Waals surface area contributed by atoms with Gasteiger partial charge in [-0.1, -0.05) is 51.1 Å². The molecule has 4 heteroatoms. The Hall–Kier alpha value is -2.49. The molecule has 0 aliphatic carbocycles. The third kappa shape index (κ3) is 6.02. The summed E-state index contributed by atoms with van der Waals surface area (Å²) in [6.45, 7) is 13.2. The fourth-order valence-corrected chi connectivity index (χ4v) is 3.02. The molecule has 0 unspecified atom stereocenters. The van der Waals surface area contributed by atoms with E-state index in [1.807, 2.05) is 24.3 Å². The number of hydrogen-bond donors (Lipinski definition) is 1. The van der Waals surface area contributed by atoms with Crippen molar-refractivity contribution >= 4 is 11.6 Å². The number of para-hydroxylation sites is 1. The molecule has 0 heterocycles. The van der Waals surface area contributed by atoms with Gasteiger partial charge in [0.05, 0.1) is 0 Å². The highest BCUT2D eigenvalue weighted by Crippen LogP contribution is 2.30. The molecule has 0 saturated heterocycles. The van der Waals surface area contributed by atoms with Crippen LogP contribution < -0.4 is 15.0 Å². The predicted molar refractivity (Wildman–Crippen MR) is 112 cm³/mol. The molecule has 0 aliphatic rings. The van der Waals surface area contributed by atoms with Gasteiger partial charge in [-0.05, 0) is 48.6 Å². The lowest BCUT2D eigenvalue weighted by Crippen LogP contribution is -2.29. The molecule has 1 N–H and O–H groups in total. The van der Waals surface area contributed by atoms with Crippen LogP contribution in [0, 0.1) is 0 Å². The van der Waals surface area contributed by atoms with Gasteiger partial charge in [0.15, 0.2) is 6.61 Å². The molecule has 4 nitrogen and oxygen atoms in total. The molecular weight excluding hydrogens is 336 g/mol. The maximum atomic E-state index is 12.2. The van der Waals surface area contributed by atoms with Crippen LogP contribution in [0.4, 0.5) is 5.69 Å². The van der Waals surface area contributed by atoms with Crippen LogP contribution in [0.3, 0.4) is 0 Å². The lowest BCUT2D eigenvalue weighted by atomic mass is 9.86. The number of carbonyl (C=O) groups excluding carboxylic acids is 1. The topological polar surface area (TPSA) is 41.6 Å². The summed E-state index contributed by atoms with van der Waals surface area (Å²) in [5.41, 5.74) is 3.36. The van der Waals surface area contributed by atoms with E-state index in [-0.39, 0.29) is 17.9 Å². The number of anilines is 1. The lowest BCUT2D eigenvalue weighted by Gasteiger charge is -2.22. The first-order valence-electron chi connectivity index (χ1n) is 9.68. The van der Waals surface area contributed by atoms with E-state index in [0.717, 1.165) is 30.0 Å². The molecule has 0 bridgehead atoms. The highest BCUT2D eigenvalue weighted by molar-refractivity contribution is 5.77. The van der Waals surface area contributed by atoms with Gasteiger partial charge in [0, 0.05) is 25.3 Å². The Bertz CT molecular complexity index is 729. The SMILES string of the molecule is CCN(CC)c1ccc(CNC(=O)COc2ccccc2C(C)(C)C)cc1. The van der Waals surface area contributed by atoms with Crippen molar-refractivity contribution in [1.82, 2.24) is 5.32 Å². The zero-order valence-corrected chi connectivity index (χ0v) is 17.2. The van der Waals surface area contributed by atoms with Crippen molar-refractivity contribution < 1.29 is 9.53 Å². The smallest absolute Gasteiger partial charge is 0.258 e. The van der Waals surface area contributed by atoms with Crippen LogP contribution in [0.1, 0.15) is 45.7 Å². The molecule has 0 radical (unpaired) electrons. The zero-order valence-electron chi connectivity index (χ0n) is 17.2. The summed E-state index contributed by atoms with van der Waals surface area (Å²) in [6.07, 6.45) is 0. The third-order valence-electron chi connectivity index (χ3n) is 4.61. The Labute approximate surface area is 163 Å². The zero-order chi connectivity index (χ0) is 19.9. The molecule has 0 aliphatic heterocycles. The van der Waals surface area contributed by atoms with E-state index >= 15 is 0 Å². The molecule has 27 heavy (non-hydrogen) atoms. The summed E-state index contributed by atoms with van der Waals surface area (Å²) in [4.78, 5) is 14.5. The maximum Gasteiger partial charge on any atom is 0.258 e. The molecule has 2 aromatic carbocycles. The van der Waals surface area contributed by atoms with Crippen molar-refractivity contribution in [2.45, 2.75) is 46.6 Å². The van der Waals surface area contributed by atoms with Crippen LogP contribution in [0.15, 0.2) is 48.5 Å². The van der Waals surface area contributed by atoms with Crippen molar-refractivity contribution in [2.75, 3.05) is 24.6 Å². The molecule has 0 spiro atoms. The second-order valence-corrected chi connectivity index (χ2v) is 7.65. The fraction of sp³-hybridized carbons (Fsp3) is 0.435. The van der Waals surface area contributed by atoms with Crippen molar-refractivity contribution in [3.8, 4) is 5.75 Å². The monoisotopic (exact) mass is 368 g/mol. The average Bonchev–Trinajstić information content (AvgIpc) is 2.66. The number of benzene rings is 2. The Kier molecular flexibility index (Phi) is 7.28. The summed E-state index contributed by atoms with van der Waals surface area (Å²) in [5.74, 6) is 0.648. The van der Waals surface area contributed by atoms with E-state index in [1.165, 1.54) is 5.69 Å². The van der Waals surface area contributed by atoms with E-state index in [1.54, 1.807) is 0 Å². The van der Waals surface area contributed by atoms with Gasteiger partial charge in [0.2, 0.25) is 0 Å². The van der Waals surface area contributed by atoms with E-state index in [2.05, 4.69) is 69.1 Å². The van der Waals surface area contributed by atoms with E-state index < -0.39 is 0 Å². The summed E-state index contributed by atoms with van der Waals surface area (Å²) >= 11 is 0. The number of rotatable bonds is 8. The average molecular weight is 369 g/mol. The van der Waals surface area contributed by atoms with Gasteiger partial charge < -0.3 is 15.0 Å². The number of hydrogen-bond acceptors (Lipinski definition) is 3. The molecular formula is C23H32N2O2. The maximum absolute atomic E-state index is 12.2. The van der Waals surface area contributed by atoms with Gasteiger partial charge in [-0.25, -0.2) is 0 Å². The Balaban J connectivity index is 1.87. The third-order valence-corrected chi connectivity index (χ3v) is 4.61. The Morgan fingerprint density at radius 3 is 2.22 bits per heavy atom. The lowest BCUT2D eigenvalue weighted by molar-refractivity contribution is -0.123. The van der Waals surface area contributed by atoms with Gasteiger partial charge in [0.25, 0.3) is 5.91 Å². The number of amides is 1. The van der Waals surface area contributed by atoms with Gasteiger partial charge in [0.1, 0.15) is 5.75 Å². The van der Waals surface area contributed by atoms with Crippen molar-refractivity contribution in [2.24, 2.45) is 0 Å². The largest absolute Gasteiger partial charge is 0.483 e. The fourth-order valence-electron chi connectivity index (χ4n) is 3.02. The second-order valence-electron chi connectivity index (χ2n) is 7.65. The molecule has 1 amide bonds. The molecule has 2 rings (SSSR count). The molecule has 0 atom stereocenters. The molecule has 146 valence electrons. The highest BCUT2D eigenvalue weighted by Gasteiger charge is 2.18. The summed E-state index contributed by atoms with van der Waals surface area (Å²) in [7, 11) is 0. The van der Waals surface area contributed by atoms with Crippen LogP contribution in [0.2, 0.25) is 0 Å². The minimum atomic E-state index is -0.119. The first-order chi connectivity index (χ1) is 12.8. The number of nitrogens with one attached hydrogen (secondary N) is 1. The molecule has 0 fully saturated rings. The van der Waals surface area contributed by atoms with Crippen LogP contribution in [-0.4, -0.2) is 25.6 Å². The second kappa shape index (κ2) is 9.45. The van der Waals surface area contributed by atoms with Crippen LogP contribution in [0.25, 0.3) is 0 Å². The first kappa shape index (κ1) is 20.8. The molecule has 2 aromatic rings. The normalized spacial score (nSPS) is 11.1. The van der Waals surface area contributed by atoms with Gasteiger partial charge in [-0.15, -0.1) is 0 Å².